The maximum absolute atomic E-state index is 13.2. The zero-order valence-corrected chi connectivity index (χ0v) is 18.3. The Hall–Kier alpha value is -3.69. The van der Waals surface area contributed by atoms with Crippen LogP contribution in [0.25, 0.3) is 5.69 Å². The fraction of sp³-hybridized carbons (Fsp3) is 0.304. The Morgan fingerprint density at radius 3 is 2.45 bits per heavy atom. The fourth-order valence-corrected chi connectivity index (χ4v) is 3.17. The Balaban J connectivity index is 2.23. The van der Waals surface area contributed by atoms with E-state index in [4.69, 9.17) is 0 Å². The molecule has 33 heavy (non-hydrogen) atoms. The summed E-state index contributed by atoms with van der Waals surface area (Å²) < 4.78 is 41.1. The van der Waals surface area contributed by atoms with Gasteiger partial charge >= 0.3 is 11.9 Å². The van der Waals surface area contributed by atoms with Crippen molar-refractivity contribution in [2.45, 2.75) is 46.0 Å². The number of amides is 1. The summed E-state index contributed by atoms with van der Waals surface area (Å²) in [6, 6.07) is 10.7. The number of benzene rings is 2. The first kappa shape index (κ1) is 24.0. The Bertz CT molecular complexity index is 1300. The van der Waals surface area contributed by atoms with Crippen molar-refractivity contribution < 1.29 is 18.0 Å². The van der Waals surface area contributed by atoms with Crippen LogP contribution in [-0.2, 0) is 12.7 Å². The molecule has 1 heterocycles. The van der Waals surface area contributed by atoms with Crippen molar-refractivity contribution in [3.05, 3.63) is 91.8 Å². The highest BCUT2D eigenvalue weighted by atomic mass is 19.4. The molecule has 0 saturated heterocycles. The van der Waals surface area contributed by atoms with Crippen LogP contribution < -0.4 is 16.6 Å². The number of nitrogens with zero attached hydrogens (tertiary/aromatic N) is 3. The van der Waals surface area contributed by atoms with Gasteiger partial charge in [0.25, 0.3) is 11.5 Å². The molecule has 0 radical (unpaired) electrons. The van der Waals surface area contributed by atoms with Gasteiger partial charge in [0.1, 0.15) is 0 Å². The lowest BCUT2D eigenvalue weighted by Gasteiger charge is -2.15. The van der Waals surface area contributed by atoms with Crippen molar-refractivity contribution >= 4 is 5.91 Å². The molecule has 1 N–H and O–H groups in total. The third kappa shape index (κ3) is 5.39. The summed E-state index contributed by atoms with van der Waals surface area (Å²) in [7, 11) is 0. The fourth-order valence-electron chi connectivity index (χ4n) is 3.17. The van der Waals surface area contributed by atoms with Crippen molar-refractivity contribution in [1.82, 2.24) is 19.7 Å². The van der Waals surface area contributed by atoms with E-state index in [9.17, 15) is 27.6 Å². The number of alkyl halides is 3. The van der Waals surface area contributed by atoms with Crippen LogP contribution in [0.1, 0.15) is 47.4 Å². The molecule has 3 rings (SSSR count). The summed E-state index contributed by atoms with van der Waals surface area (Å²) >= 11 is 0. The number of carbonyl (C=O) groups is 1. The SMILES string of the molecule is CCC(C)NC(=O)c1nn(-c2cccc(C(F)(F)F)c2)c(=O)n(Cc2cccc(C)c2)c1=O. The highest BCUT2D eigenvalue weighted by molar-refractivity contribution is 5.91. The van der Waals surface area contributed by atoms with Gasteiger partial charge in [-0.1, -0.05) is 42.8 Å². The van der Waals surface area contributed by atoms with Gasteiger partial charge in [0.05, 0.1) is 17.8 Å². The quantitative estimate of drug-likeness (QED) is 0.612. The Morgan fingerprint density at radius 2 is 1.82 bits per heavy atom. The largest absolute Gasteiger partial charge is 0.416 e. The predicted octanol–water partition coefficient (Wildman–Crippen LogP) is 3.30. The molecule has 0 saturated carbocycles. The van der Waals surface area contributed by atoms with Crippen molar-refractivity contribution in [2.24, 2.45) is 0 Å². The van der Waals surface area contributed by atoms with Gasteiger partial charge in [-0.15, -0.1) is 0 Å². The topological polar surface area (TPSA) is 86.0 Å². The molecule has 1 aromatic heterocycles. The van der Waals surface area contributed by atoms with Gasteiger partial charge in [-0.3, -0.25) is 14.2 Å². The summed E-state index contributed by atoms with van der Waals surface area (Å²) in [5.74, 6) is -0.812. The number of halogens is 3. The molecular weight excluding hydrogens is 437 g/mol. The molecule has 1 amide bonds. The van der Waals surface area contributed by atoms with Gasteiger partial charge < -0.3 is 5.32 Å². The van der Waals surface area contributed by atoms with Gasteiger partial charge in [0.15, 0.2) is 0 Å². The third-order valence-corrected chi connectivity index (χ3v) is 5.11. The molecule has 0 spiro atoms. The molecule has 2 aromatic carbocycles. The van der Waals surface area contributed by atoms with Crippen molar-refractivity contribution in [2.75, 3.05) is 0 Å². The molecule has 0 fully saturated rings. The normalized spacial score (nSPS) is 12.4. The molecule has 1 atom stereocenters. The Kier molecular flexibility index (Phi) is 6.85. The lowest BCUT2D eigenvalue weighted by Crippen LogP contribution is -2.47. The summed E-state index contributed by atoms with van der Waals surface area (Å²) in [4.78, 5) is 38.9. The molecule has 0 bridgehead atoms. The number of carbonyl (C=O) groups excluding carboxylic acids is 1. The molecule has 3 aromatic rings. The van der Waals surface area contributed by atoms with E-state index >= 15 is 0 Å². The molecule has 10 heteroatoms. The highest BCUT2D eigenvalue weighted by Crippen LogP contribution is 2.29. The lowest BCUT2D eigenvalue weighted by atomic mass is 10.1. The summed E-state index contributed by atoms with van der Waals surface area (Å²) in [6.45, 7) is 5.22. The van der Waals surface area contributed by atoms with E-state index < -0.39 is 34.6 Å². The first-order chi connectivity index (χ1) is 15.5. The number of hydrogen-bond acceptors (Lipinski definition) is 4. The lowest BCUT2D eigenvalue weighted by molar-refractivity contribution is -0.137. The average Bonchev–Trinajstić information content (AvgIpc) is 2.76. The maximum atomic E-state index is 13.2. The van der Waals surface area contributed by atoms with Gasteiger partial charge in [0, 0.05) is 6.04 Å². The van der Waals surface area contributed by atoms with E-state index in [0.717, 1.165) is 28.3 Å². The monoisotopic (exact) mass is 460 g/mol. The Morgan fingerprint density at radius 1 is 1.12 bits per heavy atom. The summed E-state index contributed by atoms with van der Waals surface area (Å²) in [6.07, 6.45) is -4.07. The number of aryl methyl sites for hydroxylation is 1. The van der Waals surface area contributed by atoms with Crippen molar-refractivity contribution in [3.63, 3.8) is 0 Å². The first-order valence-corrected chi connectivity index (χ1v) is 10.3. The Labute approximate surface area is 187 Å². The van der Waals surface area contributed by atoms with Crippen LogP contribution in [0.2, 0.25) is 0 Å². The second-order valence-electron chi connectivity index (χ2n) is 7.75. The molecule has 0 aliphatic rings. The van der Waals surface area contributed by atoms with E-state index in [1.54, 1.807) is 25.1 Å². The van der Waals surface area contributed by atoms with Crippen molar-refractivity contribution in [1.29, 1.82) is 0 Å². The van der Waals surface area contributed by atoms with Crippen LogP contribution in [0, 0.1) is 6.92 Å². The summed E-state index contributed by atoms with van der Waals surface area (Å²) in [5, 5.41) is 6.47. The molecular formula is C23H23F3N4O3. The predicted molar refractivity (Wildman–Crippen MR) is 117 cm³/mol. The van der Waals surface area contributed by atoms with Crippen LogP contribution in [0.15, 0.2) is 58.1 Å². The zero-order chi connectivity index (χ0) is 24.3. The van der Waals surface area contributed by atoms with Gasteiger partial charge in [0.2, 0.25) is 5.69 Å². The number of aromatic nitrogens is 3. The molecule has 1 unspecified atom stereocenters. The molecule has 7 nitrogen and oxygen atoms in total. The van der Waals surface area contributed by atoms with E-state index in [1.165, 1.54) is 6.07 Å². The van der Waals surface area contributed by atoms with Crippen LogP contribution in [0.5, 0.6) is 0 Å². The smallest absolute Gasteiger partial charge is 0.348 e. The van der Waals surface area contributed by atoms with E-state index in [-0.39, 0.29) is 18.3 Å². The van der Waals surface area contributed by atoms with Crippen LogP contribution >= 0.6 is 0 Å². The van der Waals surface area contributed by atoms with Crippen LogP contribution in [0.3, 0.4) is 0 Å². The van der Waals surface area contributed by atoms with Gasteiger partial charge in [-0.05, 0) is 44.0 Å². The van der Waals surface area contributed by atoms with E-state index in [2.05, 4.69) is 10.4 Å². The van der Waals surface area contributed by atoms with Crippen molar-refractivity contribution in [3.8, 4) is 5.69 Å². The highest BCUT2D eigenvalue weighted by Gasteiger charge is 2.31. The average molecular weight is 460 g/mol. The van der Waals surface area contributed by atoms with Crippen LogP contribution in [0.4, 0.5) is 13.2 Å². The second kappa shape index (κ2) is 9.43. The third-order valence-electron chi connectivity index (χ3n) is 5.11. The van der Waals surface area contributed by atoms with E-state index in [0.29, 0.717) is 16.7 Å². The number of hydrogen-bond donors (Lipinski definition) is 1. The minimum absolute atomic E-state index is 0.176. The second-order valence-corrected chi connectivity index (χ2v) is 7.75. The van der Waals surface area contributed by atoms with Gasteiger partial charge in [-0.2, -0.15) is 23.0 Å². The minimum atomic E-state index is -4.65. The van der Waals surface area contributed by atoms with Gasteiger partial charge in [-0.25, -0.2) is 4.79 Å². The van der Waals surface area contributed by atoms with Crippen LogP contribution in [-0.4, -0.2) is 26.3 Å². The zero-order valence-electron chi connectivity index (χ0n) is 18.3. The first-order valence-electron chi connectivity index (χ1n) is 10.3. The molecule has 0 aliphatic carbocycles. The minimum Gasteiger partial charge on any atom is -0.348 e. The standard InChI is InChI=1S/C23H23F3N4O3/c1-4-15(3)27-20(31)19-21(32)29(13-16-8-5-7-14(2)11-16)22(33)30(28-19)18-10-6-9-17(12-18)23(24,25)26/h5-12,15H,4,13H2,1-3H3,(H,27,31). The van der Waals surface area contributed by atoms with E-state index in [1.807, 2.05) is 19.9 Å². The number of nitrogens with one attached hydrogen (secondary N) is 1. The molecule has 174 valence electrons. The maximum Gasteiger partial charge on any atom is 0.416 e. The summed E-state index contributed by atoms with van der Waals surface area (Å²) in [5.41, 5.74) is -2.17. The number of rotatable bonds is 6. The molecule has 0 aliphatic heterocycles.